The van der Waals surface area contributed by atoms with E-state index in [9.17, 15) is 22.8 Å². The minimum atomic E-state index is -4.65. The van der Waals surface area contributed by atoms with E-state index in [-0.39, 0.29) is 16.9 Å². The van der Waals surface area contributed by atoms with Crippen LogP contribution in [0, 0.1) is 0 Å². The zero-order chi connectivity index (χ0) is 25.2. The molecule has 4 aromatic rings. The Labute approximate surface area is 203 Å². The molecule has 9 heteroatoms. The van der Waals surface area contributed by atoms with E-state index in [0.29, 0.717) is 22.6 Å². The lowest BCUT2D eigenvalue weighted by atomic mass is 10.1. The van der Waals surface area contributed by atoms with Crippen LogP contribution in [0.1, 0.15) is 18.1 Å². The van der Waals surface area contributed by atoms with Crippen LogP contribution in [0.4, 0.5) is 18.9 Å². The number of fused-ring (bicyclic) bond motifs is 1. The van der Waals surface area contributed by atoms with E-state index >= 15 is 0 Å². The monoisotopic (exact) mass is 501 g/mol. The first-order chi connectivity index (χ1) is 16.7. The van der Waals surface area contributed by atoms with Gasteiger partial charge in [0.25, 0.3) is 5.91 Å². The average molecular weight is 502 g/mol. The summed E-state index contributed by atoms with van der Waals surface area (Å²) in [7, 11) is 0. The fourth-order valence-corrected chi connectivity index (χ4v) is 3.66. The van der Waals surface area contributed by atoms with Gasteiger partial charge in [0.15, 0.2) is 12.4 Å². The maximum absolute atomic E-state index is 13.3. The molecule has 1 amide bonds. The highest BCUT2D eigenvalue weighted by Crippen LogP contribution is 2.35. The molecular weight excluding hydrogens is 483 g/mol. The third-order valence-electron chi connectivity index (χ3n) is 5.28. The average Bonchev–Trinajstić information content (AvgIpc) is 2.83. The number of benzene rings is 3. The van der Waals surface area contributed by atoms with Gasteiger partial charge in [0.2, 0.25) is 11.2 Å². The second-order valence-electron chi connectivity index (χ2n) is 7.66. The molecule has 1 aromatic heterocycles. The van der Waals surface area contributed by atoms with Gasteiger partial charge in [-0.1, -0.05) is 36.7 Å². The van der Waals surface area contributed by atoms with Crippen molar-refractivity contribution in [3.05, 3.63) is 93.1 Å². The SMILES string of the molecule is CCc1ccc2oc(-c3ccc(Cl)cc3)c(OCC(=O)Nc3ccccc3C(F)(F)F)c(=O)c2c1. The lowest BCUT2D eigenvalue weighted by Crippen LogP contribution is -2.24. The number of alkyl halides is 3. The molecule has 0 saturated heterocycles. The van der Waals surface area contributed by atoms with E-state index in [0.717, 1.165) is 17.7 Å². The van der Waals surface area contributed by atoms with Gasteiger partial charge in [-0.3, -0.25) is 9.59 Å². The zero-order valence-corrected chi connectivity index (χ0v) is 19.2. The summed E-state index contributed by atoms with van der Waals surface area (Å²) in [5.74, 6) is -1.02. The maximum atomic E-state index is 13.3. The van der Waals surface area contributed by atoms with Gasteiger partial charge in [-0.15, -0.1) is 0 Å². The van der Waals surface area contributed by atoms with Crippen molar-refractivity contribution in [2.24, 2.45) is 0 Å². The van der Waals surface area contributed by atoms with E-state index < -0.39 is 35.4 Å². The minimum Gasteiger partial charge on any atom is -0.476 e. The highest BCUT2D eigenvalue weighted by atomic mass is 35.5. The summed E-state index contributed by atoms with van der Waals surface area (Å²) in [5.41, 5.74) is -0.206. The lowest BCUT2D eigenvalue weighted by Gasteiger charge is -2.15. The third-order valence-corrected chi connectivity index (χ3v) is 5.53. The quantitative estimate of drug-likeness (QED) is 0.319. The highest BCUT2D eigenvalue weighted by Gasteiger charge is 2.33. The van der Waals surface area contributed by atoms with Crippen LogP contribution in [0.2, 0.25) is 5.02 Å². The molecule has 4 rings (SSSR count). The summed E-state index contributed by atoms with van der Waals surface area (Å²) in [6, 6.07) is 16.2. The van der Waals surface area contributed by atoms with E-state index in [1.54, 1.807) is 36.4 Å². The molecule has 35 heavy (non-hydrogen) atoms. The van der Waals surface area contributed by atoms with Gasteiger partial charge in [0.1, 0.15) is 5.58 Å². The molecule has 0 atom stereocenters. The van der Waals surface area contributed by atoms with Crippen LogP contribution in [-0.4, -0.2) is 12.5 Å². The molecule has 0 unspecified atom stereocenters. The third kappa shape index (κ3) is 5.33. The number of hydrogen-bond donors (Lipinski definition) is 1. The summed E-state index contributed by atoms with van der Waals surface area (Å²) in [6.45, 7) is 1.22. The van der Waals surface area contributed by atoms with Gasteiger partial charge in [-0.25, -0.2) is 0 Å². The molecule has 5 nitrogen and oxygen atoms in total. The van der Waals surface area contributed by atoms with E-state index in [2.05, 4.69) is 5.32 Å². The van der Waals surface area contributed by atoms with Crippen LogP contribution in [0.25, 0.3) is 22.3 Å². The molecule has 0 saturated carbocycles. The lowest BCUT2D eigenvalue weighted by molar-refractivity contribution is -0.137. The van der Waals surface area contributed by atoms with Crippen LogP contribution in [0.3, 0.4) is 0 Å². The number of aryl methyl sites for hydroxylation is 1. The number of nitrogens with one attached hydrogen (secondary N) is 1. The number of anilines is 1. The first-order valence-corrected chi connectivity index (χ1v) is 11.0. The highest BCUT2D eigenvalue weighted by molar-refractivity contribution is 6.30. The Morgan fingerprint density at radius 2 is 1.77 bits per heavy atom. The standard InChI is InChI=1S/C26H19ClF3NO4/c1-2-15-7-12-21-18(13-15)23(33)25(24(35-21)16-8-10-17(27)11-9-16)34-14-22(32)31-20-6-4-3-5-19(20)26(28,29)30/h3-13H,2,14H2,1H3,(H,31,32). The van der Waals surface area contributed by atoms with Crippen LogP contribution in [0.5, 0.6) is 5.75 Å². The van der Waals surface area contributed by atoms with Crippen molar-refractivity contribution < 1.29 is 27.1 Å². The van der Waals surface area contributed by atoms with Crippen molar-refractivity contribution in [3.8, 4) is 17.1 Å². The Morgan fingerprint density at radius 1 is 1.06 bits per heavy atom. The smallest absolute Gasteiger partial charge is 0.418 e. The number of carbonyl (C=O) groups is 1. The van der Waals surface area contributed by atoms with E-state index in [1.165, 1.54) is 12.1 Å². The van der Waals surface area contributed by atoms with Crippen molar-refractivity contribution in [2.45, 2.75) is 19.5 Å². The van der Waals surface area contributed by atoms with Crippen molar-refractivity contribution in [1.29, 1.82) is 0 Å². The minimum absolute atomic E-state index is 0.0758. The van der Waals surface area contributed by atoms with Crippen LogP contribution < -0.4 is 15.5 Å². The zero-order valence-electron chi connectivity index (χ0n) is 18.4. The van der Waals surface area contributed by atoms with Crippen molar-refractivity contribution in [1.82, 2.24) is 0 Å². The second kappa shape index (κ2) is 9.84. The van der Waals surface area contributed by atoms with Crippen molar-refractivity contribution >= 4 is 34.2 Å². The molecule has 3 aromatic carbocycles. The Hall–Kier alpha value is -3.78. The molecular formula is C26H19ClF3NO4. The van der Waals surface area contributed by atoms with Crippen molar-refractivity contribution in [2.75, 3.05) is 11.9 Å². The number of halogens is 4. The fraction of sp³-hybridized carbons (Fsp3) is 0.154. The molecule has 0 aliphatic heterocycles. The van der Waals surface area contributed by atoms with Gasteiger partial charge < -0.3 is 14.5 Å². The van der Waals surface area contributed by atoms with Gasteiger partial charge in [0, 0.05) is 10.6 Å². The molecule has 0 aliphatic carbocycles. The number of amides is 1. The summed E-state index contributed by atoms with van der Waals surface area (Å²) in [4.78, 5) is 25.8. The maximum Gasteiger partial charge on any atom is 0.418 e. The van der Waals surface area contributed by atoms with E-state index in [1.807, 2.05) is 13.0 Å². The molecule has 0 bridgehead atoms. The second-order valence-corrected chi connectivity index (χ2v) is 8.10. The topological polar surface area (TPSA) is 68.5 Å². The number of rotatable bonds is 6. The van der Waals surface area contributed by atoms with Crippen molar-refractivity contribution in [3.63, 3.8) is 0 Å². The molecule has 1 heterocycles. The summed E-state index contributed by atoms with van der Waals surface area (Å²) >= 11 is 5.97. The van der Waals surface area contributed by atoms with E-state index in [4.69, 9.17) is 20.8 Å². The molecule has 1 N–H and O–H groups in total. The summed E-state index contributed by atoms with van der Waals surface area (Å²) in [6.07, 6.45) is -3.96. The fourth-order valence-electron chi connectivity index (χ4n) is 3.53. The Kier molecular flexibility index (Phi) is 6.84. The number of carbonyl (C=O) groups excluding carboxylic acids is 1. The van der Waals surface area contributed by atoms with Crippen LogP contribution >= 0.6 is 11.6 Å². The van der Waals surface area contributed by atoms with Gasteiger partial charge in [-0.05, 0) is 60.5 Å². The first-order valence-electron chi connectivity index (χ1n) is 10.6. The Balaban J connectivity index is 1.69. The number of ether oxygens (including phenoxy) is 1. The van der Waals surface area contributed by atoms with Gasteiger partial charge in [-0.2, -0.15) is 13.2 Å². The number of para-hydroxylation sites is 1. The predicted octanol–water partition coefficient (Wildman–Crippen LogP) is 6.71. The summed E-state index contributed by atoms with van der Waals surface area (Å²) in [5, 5.41) is 2.93. The normalized spacial score (nSPS) is 11.5. The van der Waals surface area contributed by atoms with Crippen LogP contribution in [0.15, 0.2) is 75.9 Å². The van der Waals surface area contributed by atoms with Crippen LogP contribution in [-0.2, 0) is 17.4 Å². The Bertz CT molecular complexity index is 1450. The Morgan fingerprint density at radius 3 is 2.46 bits per heavy atom. The predicted molar refractivity (Wildman–Crippen MR) is 128 cm³/mol. The van der Waals surface area contributed by atoms with Gasteiger partial charge in [0.05, 0.1) is 16.6 Å². The molecule has 180 valence electrons. The van der Waals surface area contributed by atoms with Gasteiger partial charge >= 0.3 is 6.18 Å². The first kappa shape index (κ1) is 24.3. The molecule has 0 spiro atoms. The number of hydrogen-bond acceptors (Lipinski definition) is 4. The molecule has 0 fully saturated rings. The molecule has 0 radical (unpaired) electrons. The largest absolute Gasteiger partial charge is 0.476 e. The molecule has 0 aliphatic rings. The summed E-state index contributed by atoms with van der Waals surface area (Å²) < 4.78 is 51.2.